The summed E-state index contributed by atoms with van der Waals surface area (Å²) in [6.07, 6.45) is 3.20. The van der Waals surface area contributed by atoms with Gasteiger partial charge in [-0.2, -0.15) is 22.3 Å². The van der Waals surface area contributed by atoms with Crippen LogP contribution in [0.2, 0.25) is 0 Å². The molecule has 1 rings (SSSR count). The summed E-state index contributed by atoms with van der Waals surface area (Å²) in [4.78, 5) is 0. The molecule has 0 bridgehead atoms. The Balaban J connectivity index is 2.80. The fourth-order valence-electron chi connectivity index (χ4n) is 2.17. The number of nitriles is 1. The molecule has 1 aliphatic rings. The third-order valence-corrected chi connectivity index (χ3v) is 5.42. The van der Waals surface area contributed by atoms with Crippen LogP contribution in [0.15, 0.2) is 0 Å². The molecule has 1 saturated heterocycles. The van der Waals surface area contributed by atoms with Crippen molar-refractivity contribution in [2.24, 2.45) is 0 Å². The zero-order valence-electron chi connectivity index (χ0n) is 10.6. The van der Waals surface area contributed by atoms with Crippen molar-refractivity contribution in [3.8, 4) is 6.07 Å². The predicted molar refractivity (Wildman–Crippen MR) is 66.4 cm³/mol. The van der Waals surface area contributed by atoms with E-state index in [9.17, 15) is 8.42 Å². The van der Waals surface area contributed by atoms with E-state index in [-0.39, 0.29) is 12.5 Å². The van der Waals surface area contributed by atoms with Crippen LogP contribution in [0.5, 0.6) is 0 Å². The van der Waals surface area contributed by atoms with Crippen LogP contribution in [-0.4, -0.2) is 42.7 Å². The molecule has 0 amide bonds. The van der Waals surface area contributed by atoms with Crippen molar-refractivity contribution in [2.75, 3.05) is 19.6 Å². The lowest BCUT2D eigenvalue weighted by Gasteiger charge is -2.35. The molecule has 0 aliphatic carbocycles. The van der Waals surface area contributed by atoms with Gasteiger partial charge in [-0.05, 0) is 19.8 Å². The second kappa shape index (κ2) is 6.34. The molecular formula is C11H21N3O2S. The van der Waals surface area contributed by atoms with Crippen LogP contribution in [0.4, 0.5) is 0 Å². The molecule has 6 heteroatoms. The first-order valence-electron chi connectivity index (χ1n) is 6.18. The summed E-state index contributed by atoms with van der Waals surface area (Å²) in [6.45, 7) is 5.08. The lowest BCUT2D eigenvalue weighted by molar-refractivity contribution is 0.246. The molecule has 0 spiro atoms. The first-order valence-corrected chi connectivity index (χ1v) is 7.57. The molecule has 1 unspecified atom stereocenters. The van der Waals surface area contributed by atoms with Crippen molar-refractivity contribution in [3.63, 3.8) is 0 Å². The van der Waals surface area contributed by atoms with Crippen LogP contribution < -0.4 is 0 Å². The quantitative estimate of drug-likeness (QED) is 0.748. The minimum atomic E-state index is -3.38. The van der Waals surface area contributed by atoms with Crippen molar-refractivity contribution in [1.82, 2.24) is 8.61 Å². The molecule has 0 aromatic rings. The van der Waals surface area contributed by atoms with Crippen molar-refractivity contribution < 1.29 is 8.42 Å². The number of hydrogen-bond acceptors (Lipinski definition) is 3. The number of hydrogen-bond donors (Lipinski definition) is 0. The Kier molecular flexibility index (Phi) is 5.37. The van der Waals surface area contributed by atoms with E-state index in [0.29, 0.717) is 19.6 Å². The third kappa shape index (κ3) is 3.41. The number of nitrogens with zero attached hydrogens (tertiary/aromatic N) is 3. The molecular weight excluding hydrogens is 238 g/mol. The van der Waals surface area contributed by atoms with Gasteiger partial charge in [-0.15, -0.1) is 0 Å². The molecule has 98 valence electrons. The maximum absolute atomic E-state index is 12.4. The van der Waals surface area contributed by atoms with E-state index in [2.05, 4.69) is 0 Å². The van der Waals surface area contributed by atoms with Crippen LogP contribution in [0, 0.1) is 11.3 Å². The summed E-state index contributed by atoms with van der Waals surface area (Å²) in [5.74, 6) is 0. The minimum Gasteiger partial charge on any atom is -0.198 e. The summed E-state index contributed by atoms with van der Waals surface area (Å²) in [5.41, 5.74) is 0. The summed E-state index contributed by atoms with van der Waals surface area (Å²) < 4.78 is 27.7. The smallest absolute Gasteiger partial charge is 0.198 e. The highest BCUT2D eigenvalue weighted by atomic mass is 32.2. The lowest BCUT2D eigenvalue weighted by atomic mass is 10.1. The van der Waals surface area contributed by atoms with Gasteiger partial charge in [0.2, 0.25) is 0 Å². The minimum absolute atomic E-state index is 0.0740. The normalized spacial score (nSPS) is 22.6. The largest absolute Gasteiger partial charge is 0.282 e. The molecule has 0 saturated carbocycles. The monoisotopic (exact) mass is 259 g/mol. The first-order chi connectivity index (χ1) is 8.04. The van der Waals surface area contributed by atoms with Gasteiger partial charge in [0.1, 0.15) is 0 Å². The van der Waals surface area contributed by atoms with Crippen LogP contribution >= 0.6 is 0 Å². The van der Waals surface area contributed by atoms with Crippen LogP contribution in [-0.2, 0) is 10.2 Å². The van der Waals surface area contributed by atoms with E-state index in [1.807, 2.05) is 19.9 Å². The van der Waals surface area contributed by atoms with E-state index < -0.39 is 10.2 Å². The zero-order valence-corrected chi connectivity index (χ0v) is 11.4. The molecule has 0 N–H and O–H groups in total. The van der Waals surface area contributed by atoms with E-state index in [0.717, 1.165) is 19.3 Å². The Labute approximate surface area is 104 Å². The van der Waals surface area contributed by atoms with Crippen LogP contribution in [0.1, 0.15) is 39.5 Å². The van der Waals surface area contributed by atoms with Gasteiger partial charge in [0.05, 0.1) is 6.07 Å². The summed E-state index contributed by atoms with van der Waals surface area (Å²) in [6, 6.07) is 2.07. The predicted octanol–water partition coefficient (Wildman–Crippen LogP) is 1.34. The van der Waals surface area contributed by atoms with E-state index >= 15 is 0 Å². The number of piperidine rings is 1. The molecule has 17 heavy (non-hydrogen) atoms. The average Bonchev–Trinajstić information content (AvgIpc) is 2.30. The Morgan fingerprint density at radius 3 is 2.71 bits per heavy atom. The van der Waals surface area contributed by atoms with Crippen molar-refractivity contribution in [2.45, 2.75) is 45.6 Å². The Morgan fingerprint density at radius 1 is 1.47 bits per heavy atom. The zero-order chi connectivity index (χ0) is 12.9. The van der Waals surface area contributed by atoms with E-state index in [1.54, 1.807) is 4.31 Å². The number of rotatable bonds is 5. The Morgan fingerprint density at radius 2 is 2.18 bits per heavy atom. The molecule has 0 radical (unpaired) electrons. The van der Waals surface area contributed by atoms with Crippen molar-refractivity contribution in [3.05, 3.63) is 0 Å². The third-order valence-electron chi connectivity index (χ3n) is 3.19. The first kappa shape index (κ1) is 14.4. The highest BCUT2D eigenvalue weighted by molar-refractivity contribution is 7.86. The molecule has 5 nitrogen and oxygen atoms in total. The van der Waals surface area contributed by atoms with Gasteiger partial charge in [-0.3, -0.25) is 0 Å². The van der Waals surface area contributed by atoms with Gasteiger partial charge < -0.3 is 0 Å². The lowest BCUT2D eigenvalue weighted by Crippen LogP contribution is -2.49. The molecule has 1 atom stereocenters. The van der Waals surface area contributed by atoms with Crippen LogP contribution in [0.3, 0.4) is 0 Å². The fraction of sp³-hybridized carbons (Fsp3) is 0.909. The Hall–Kier alpha value is -0.640. The van der Waals surface area contributed by atoms with Gasteiger partial charge >= 0.3 is 0 Å². The highest BCUT2D eigenvalue weighted by Gasteiger charge is 2.33. The second-order valence-corrected chi connectivity index (χ2v) is 6.24. The van der Waals surface area contributed by atoms with Gasteiger partial charge in [0, 0.05) is 32.1 Å². The van der Waals surface area contributed by atoms with Gasteiger partial charge in [-0.25, -0.2) is 0 Å². The van der Waals surface area contributed by atoms with Crippen molar-refractivity contribution in [1.29, 1.82) is 5.26 Å². The molecule has 0 aromatic heterocycles. The van der Waals surface area contributed by atoms with Gasteiger partial charge in [0.25, 0.3) is 10.2 Å². The topological polar surface area (TPSA) is 64.4 Å². The van der Waals surface area contributed by atoms with E-state index in [1.165, 1.54) is 4.31 Å². The average molecular weight is 259 g/mol. The fourth-order valence-corrected chi connectivity index (χ4v) is 4.04. The SMILES string of the molecule is CCN(CCC#N)S(=O)(=O)N1CCCCC1C. The molecule has 0 aromatic carbocycles. The van der Waals surface area contributed by atoms with Crippen LogP contribution in [0.25, 0.3) is 0 Å². The summed E-state index contributed by atoms with van der Waals surface area (Å²) in [7, 11) is -3.38. The maximum atomic E-state index is 12.4. The molecule has 1 fully saturated rings. The molecule has 1 heterocycles. The molecule has 1 aliphatic heterocycles. The standard InChI is InChI=1S/C11H21N3O2S/c1-3-13(9-6-8-12)17(15,16)14-10-5-4-7-11(14)2/h11H,3-7,9-10H2,1-2H3. The summed E-state index contributed by atoms with van der Waals surface area (Å²) >= 11 is 0. The summed E-state index contributed by atoms with van der Waals surface area (Å²) in [5, 5.41) is 8.55. The Bertz CT molecular complexity index is 375. The van der Waals surface area contributed by atoms with Gasteiger partial charge in [-0.1, -0.05) is 13.3 Å². The second-order valence-electron chi connectivity index (χ2n) is 4.36. The van der Waals surface area contributed by atoms with Crippen molar-refractivity contribution >= 4 is 10.2 Å². The highest BCUT2D eigenvalue weighted by Crippen LogP contribution is 2.22. The van der Waals surface area contributed by atoms with E-state index in [4.69, 9.17) is 5.26 Å². The van der Waals surface area contributed by atoms with Gasteiger partial charge in [0.15, 0.2) is 0 Å². The maximum Gasteiger partial charge on any atom is 0.282 e.